The predicted octanol–water partition coefficient (Wildman–Crippen LogP) is 3.68. The number of nitrogens with one attached hydrogen (secondary N) is 1. The zero-order valence-electron chi connectivity index (χ0n) is 17.3. The van der Waals surface area contributed by atoms with Gasteiger partial charge in [0.1, 0.15) is 0 Å². The van der Waals surface area contributed by atoms with Gasteiger partial charge in [0.2, 0.25) is 5.95 Å². The Hall–Kier alpha value is -2.58. The molecule has 1 fully saturated rings. The summed E-state index contributed by atoms with van der Waals surface area (Å²) in [6, 6.07) is 1.83. The highest BCUT2D eigenvalue weighted by Crippen LogP contribution is 2.30. The van der Waals surface area contributed by atoms with Gasteiger partial charge < -0.3 is 15.0 Å². The number of aromatic nitrogens is 2. The van der Waals surface area contributed by atoms with Gasteiger partial charge in [0.15, 0.2) is 5.69 Å². The first-order valence-electron chi connectivity index (χ1n) is 9.59. The molecule has 1 saturated heterocycles. The highest BCUT2D eigenvalue weighted by atomic mass is 32.1. The lowest BCUT2D eigenvalue weighted by atomic mass is 10.0. The molecule has 0 radical (unpaired) electrons. The van der Waals surface area contributed by atoms with Crippen LogP contribution in [0.2, 0.25) is 0 Å². The number of carbonyl (C=O) groups is 1. The van der Waals surface area contributed by atoms with E-state index in [1.54, 1.807) is 18.4 Å². The van der Waals surface area contributed by atoms with Gasteiger partial charge in [-0.05, 0) is 39.6 Å². The third-order valence-electron chi connectivity index (χ3n) is 4.78. The number of carbonyl (C=O) groups excluding carboxylic acids is 1. The van der Waals surface area contributed by atoms with Crippen LogP contribution in [0.3, 0.4) is 0 Å². The lowest BCUT2D eigenvalue weighted by molar-refractivity contribution is 0.0267. The number of anilines is 1. The van der Waals surface area contributed by atoms with Crippen LogP contribution in [0.1, 0.15) is 29.2 Å². The van der Waals surface area contributed by atoms with Crippen LogP contribution in [0.25, 0.3) is 10.2 Å². The third-order valence-corrected chi connectivity index (χ3v) is 5.82. The van der Waals surface area contributed by atoms with Gasteiger partial charge in [0, 0.05) is 31.0 Å². The van der Waals surface area contributed by atoms with Crippen LogP contribution in [-0.2, 0) is 4.74 Å². The van der Waals surface area contributed by atoms with Crippen molar-refractivity contribution in [3.63, 3.8) is 0 Å². The van der Waals surface area contributed by atoms with Gasteiger partial charge in [-0.1, -0.05) is 12.2 Å². The highest BCUT2D eigenvalue weighted by molar-refractivity contribution is 7.19. The van der Waals surface area contributed by atoms with Crippen LogP contribution in [0, 0.1) is 12.8 Å². The number of amides is 1. The molecule has 0 unspecified atom stereocenters. The molecule has 0 saturated carbocycles. The molecule has 1 amide bonds. The Morgan fingerprint density at radius 1 is 1.52 bits per heavy atom. The fourth-order valence-corrected chi connectivity index (χ4v) is 4.21. The monoisotopic (exact) mass is 413 g/mol. The molecule has 0 bridgehead atoms. The average Bonchev–Trinajstić information content (AvgIpc) is 3.03. The Balaban J connectivity index is 1.88. The zero-order chi connectivity index (χ0) is 21.0. The Bertz CT molecular complexity index is 959. The zero-order valence-corrected chi connectivity index (χ0v) is 18.1. The van der Waals surface area contributed by atoms with Gasteiger partial charge in [-0.2, -0.15) is 0 Å². The molecule has 3 rings (SSSR count). The number of methoxy groups -OCH3 is 1. The highest BCUT2D eigenvalue weighted by Gasteiger charge is 2.33. The Morgan fingerprint density at radius 3 is 2.93 bits per heavy atom. The van der Waals surface area contributed by atoms with Crippen molar-refractivity contribution in [2.45, 2.75) is 26.8 Å². The minimum absolute atomic E-state index is 0.0613. The number of thiophene rings is 1. The molecule has 0 spiro atoms. The van der Waals surface area contributed by atoms with Crippen molar-refractivity contribution < 1.29 is 9.53 Å². The molecule has 3 heterocycles. The number of aryl methyl sites for hydroxylation is 1. The molecular weight excluding hydrogens is 386 g/mol. The molecule has 7 nitrogen and oxygen atoms in total. The number of likely N-dealkylation sites (tertiary alicyclic amines) is 1. The van der Waals surface area contributed by atoms with Crippen LogP contribution >= 0.6 is 11.3 Å². The van der Waals surface area contributed by atoms with Gasteiger partial charge in [-0.15, -0.1) is 11.3 Å². The second-order valence-corrected chi connectivity index (χ2v) is 8.40. The number of allylic oxidation sites excluding steroid dienone is 3. The molecule has 2 aromatic rings. The van der Waals surface area contributed by atoms with E-state index < -0.39 is 0 Å². The number of ether oxygens (including phenoxy) is 1. The molecule has 2 aromatic heterocycles. The predicted molar refractivity (Wildman–Crippen MR) is 119 cm³/mol. The lowest BCUT2D eigenvalue weighted by Gasteiger charge is -2.38. The standard InChI is InChI=1S/C21H27N5O2S/c1-6-7-8-16(22-4)14(3)23-21-24-17-9-13(2)29-19(17)18(25-21)20(27)26-10-15(11-26)12-28-5/h6-9,14-15H,4,10-12H2,1-3,5H3,(H,23,24,25)/b7-6-,16-8-/t14-/m0/s1. The van der Waals surface area contributed by atoms with Crippen molar-refractivity contribution in [3.05, 3.63) is 40.6 Å². The van der Waals surface area contributed by atoms with Gasteiger partial charge in [-0.25, -0.2) is 9.97 Å². The maximum atomic E-state index is 13.1. The molecule has 1 atom stereocenters. The van der Waals surface area contributed by atoms with Crippen LogP contribution in [0.4, 0.5) is 5.95 Å². The number of nitrogens with zero attached hydrogens (tertiary/aromatic N) is 4. The fourth-order valence-electron chi connectivity index (χ4n) is 3.28. The third kappa shape index (κ3) is 4.71. The van der Waals surface area contributed by atoms with Crippen molar-refractivity contribution in [2.75, 3.05) is 32.1 Å². The quantitative estimate of drug-likeness (QED) is 0.527. The van der Waals surface area contributed by atoms with Crippen LogP contribution in [0.15, 0.2) is 35.0 Å². The van der Waals surface area contributed by atoms with Crippen LogP contribution in [-0.4, -0.2) is 60.3 Å². The summed E-state index contributed by atoms with van der Waals surface area (Å²) in [4.78, 5) is 29.3. The minimum atomic E-state index is -0.154. The second-order valence-electron chi connectivity index (χ2n) is 7.14. The first-order valence-corrected chi connectivity index (χ1v) is 10.4. The first-order chi connectivity index (χ1) is 14.0. The summed E-state index contributed by atoms with van der Waals surface area (Å²) < 4.78 is 6.01. The summed E-state index contributed by atoms with van der Waals surface area (Å²) in [6.45, 7) is 11.6. The molecule has 1 aliphatic heterocycles. The molecule has 29 heavy (non-hydrogen) atoms. The van der Waals surface area contributed by atoms with E-state index in [9.17, 15) is 4.79 Å². The average molecular weight is 414 g/mol. The van der Waals surface area contributed by atoms with Crippen LogP contribution in [0.5, 0.6) is 0 Å². The normalized spacial score (nSPS) is 16.3. The van der Waals surface area contributed by atoms with E-state index in [0.29, 0.717) is 37.3 Å². The molecule has 154 valence electrons. The van der Waals surface area contributed by atoms with E-state index >= 15 is 0 Å². The van der Waals surface area contributed by atoms with Gasteiger partial charge >= 0.3 is 0 Å². The number of rotatable bonds is 8. The number of aliphatic imine (C=N–C) groups is 1. The minimum Gasteiger partial charge on any atom is -0.384 e. The van der Waals surface area contributed by atoms with Crippen molar-refractivity contribution >= 4 is 40.1 Å². The van der Waals surface area contributed by atoms with Crippen molar-refractivity contribution in [1.29, 1.82) is 0 Å². The van der Waals surface area contributed by atoms with Gasteiger partial charge in [0.25, 0.3) is 5.91 Å². The second kappa shape index (κ2) is 9.28. The van der Waals surface area contributed by atoms with Crippen molar-refractivity contribution in [3.8, 4) is 0 Å². The molecular formula is C21H27N5O2S. The summed E-state index contributed by atoms with van der Waals surface area (Å²) in [6.07, 6.45) is 5.72. The van der Waals surface area contributed by atoms with E-state index in [-0.39, 0.29) is 11.9 Å². The van der Waals surface area contributed by atoms with E-state index in [1.165, 1.54) is 0 Å². The molecule has 0 aliphatic carbocycles. The van der Waals surface area contributed by atoms with Gasteiger partial charge in [-0.3, -0.25) is 9.79 Å². The number of hydrogen-bond donors (Lipinski definition) is 1. The summed E-state index contributed by atoms with van der Waals surface area (Å²) in [7, 11) is 1.68. The first kappa shape index (κ1) is 21.1. The van der Waals surface area contributed by atoms with E-state index in [4.69, 9.17) is 4.74 Å². The van der Waals surface area contributed by atoms with Crippen LogP contribution < -0.4 is 5.32 Å². The topological polar surface area (TPSA) is 79.7 Å². The van der Waals surface area contributed by atoms with E-state index in [1.807, 2.05) is 50.0 Å². The molecule has 1 N–H and O–H groups in total. The number of hydrogen-bond acceptors (Lipinski definition) is 7. The SMILES string of the molecule is C=N/C(=C\C=C/C)[C@H](C)Nc1nc(C(=O)N2CC(COC)C2)c2sc(C)cc2n1. The molecule has 8 heteroatoms. The molecule has 0 aromatic carbocycles. The Kier molecular flexibility index (Phi) is 6.76. The smallest absolute Gasteiger partial charge is 0.274 e. The van der Waals surface area contributed by atoms with Crippen molar-refractivity contribution in [1.82, 2.24) is 14.9 Å². The summed E-state index contributed by atoms with van der Waals surface area (Å²) in [5, 5.41) is 3.26. The molecule has 1 aliphatic rings. The Labute approximate surface area is 175 Å². The lowest BCUT2D eigenvalue weighted by Crippen LogP contribution is -2.51. The van der Waals surface area contributed by atoms with Gasteiger partial charge in [0.05, 0.1) is 28.6 Å². The summed E-state index contributed by atoms with van der Waals surface area (Å²) in [5.41, 5.74) is 2.00. The maximum Gasteiger partial charge on any atom is 0.274 e. The fraction of sp³-hybridized carbons (Fsp3) is 0.429. The largest absolute Gasteiger partial charge is 0.384 e. The summed E-state index contributed by atoms with van der Waals surface area (Å²) >= 11 is 1.55. The van der Waals surface area contributed by atoms with E-state index in [0.717, 1.165) is 20.8 Å². The maximum absolute atomic E-state index is 13.1. The summed E-state index contributed by atoms with van der Waals surface area (Å²) in [5.74, 6) is 0.742. The van der Waals surface area contributed by atoms with Crippen molar-refractivity contribution in [2.24, 2.45) is 10.9 Å². The van der Waals surface area contributed by atoms with E-state index in [2.05, 4.69) is 27.0 Å². The number of fused-ring (bicyclic) bond motifs is 1. The Morgan fingerprint density at radius 2 is 2.28 bits per heavy atom.